The Balaban J connectivity index is 2.50. The maximum absolute atomic E-state index is 11.8. The number of azide groups is 1. The molecule has 2 unspecified atom stereocenters. The maximum atomic E-state index is 11.8. The molecule has 1 aromatic rings. The molecule has 20 heavy (non-hydrogen) atoms. The number of aromatic nitrogens is 2. The molecular weight excluding hydrogens is 357 g/mol. The number of halogens is 1. The van der Waals surface area contributed by atoms with Crippen LogP contribution >= 0.6 is 11.6 Å². The number of nitrogens with zero attached hydrogens (tertiary/aromatic N) is 4. The first-order valence-corrected chi connectivity index (χ1v) is 7.84. The van der Waals surface area contributed by atoms with Crippen LogP contribution in [0.4, 0.5) is 0 Å². The number of aliphatic hydroxyl groups is 2. The van der Waals surface area contributed by atoms with Gasteiger partial charge in [0, 0.05) is 0 Å². The number of hydrogen-bond donors (Lipinski definition) is 3. The topological polar surface area (TPSA) is 144 Å². The standard InChI is InChI=1S/C9H10ClN5O4Se/c10-3-1-15(9(19)12-7(3)18)8-5(13-14-11)6(17)4(2-16)20-8/h1,4-6,8,16-17H,2H2,(H,12,18,19)/t4-,5?,6-,8?/m1/s1. The SMILES string of the molecule is [N-]=[N+]=NC1C(n2cc(Cl)c(=O)[nH]c2=O)[Se][C@H](CO)[C@H]1O. The van der Waals surface area contributed by atoms with E-state index in [0.29, 0.717) is 0 Å². The van der Waals surface area contributed by atoms with Crippen LogP contribution < -0.4 is 11.2 Å². The fourth-order valence-electron chi connectivity index (χ4n) is 1.94. The summed E-state index contributed by atoms with van der Waals surface area (Å²) in [6.07, 6.45) is 0.111. The summed E-state index contributed by atoms with van der Waals surface area (Å²) in [5, 5.41) is 22.5. The summed E-state index contributed by atoms with van der Waals surface area (Å²) in [6, 6.07) is -0.892. The Morgan fingerprint density at radius 3 is 2.90 bits per heavy atom. The van der Waals surface area contributed by atoms with E-state index in [1.54, 1.807) is 0 Å². The summed E-state index contributed by atoms with van der Waals surface area (Å²) in [5.41, 5.74) is 7.15. The Hall–Kier alpha value is -1.28. The van der Waals surface area contributed by atoms with Crippen LogP contribution in [0.1, 0.15) is 4.94 Å². The van der Waals surface area contributed by atoms with Crippen LogP contribution in [0.2, 0.25) is 9.84 Å². The van der Waals surface area contributed by atoms with Crippen LogP contribution in [0.15, 0.2) is 20.9 Å². The molecule has 0 aliphatic carbocycles. The molecule has 1 aliphatic heterocycles. The fourth-order valence-corrected chi connectivity index (χ4v) is 5.10. The van der Waals surface area contributed by atoms with Gasteiger partial charge in [-0.05, 0) is 0 Å². The van der Waals surface area contributed by atoms with E-state index < -0.39 is 48.1 Å². The molecule has 0 spiro atoms. The Morgan fingerprint density at radius 2 is 2.30 bits per heavy atom. The zero-order chi connectivity index (χ0) is 14.9. The molecule has 9 nitrogen and oxygen atoms in total. The molecule has 0 aromatic carbocycles. The molecule has 1 aromatic heterocycles. The second-order valence-electron chi connectivity index (χ2n) is 4.08. The van der Waals surface area contributed by atoms with E-state index in [-0.39, 0.29) is 11.6 Å². The van der Waals surface area contributed by atoms with Gasteiger partial charge in [0.15, 0.2) is 0 Å². The third kappa shape index (κ3) is 2.62. The summed E-state index contributed by atoms with van der Waals surface area (Å²) in [5.74, 6) is 0. The van der Waals surface area contributed by atoms with Gasteiger partial charge in [-0.2, -0.15) is 0 Å². The molecule has 2 heterocycles. The van der Waals surface area contributed by atoms with Crippen molar-refractivity contribution in [2.75, 3.05) is 6.61 Å². The third-order valence-electron chi connectivity index (χ3n) is 2.90. The van der Waals surface area contributed by atoms with Crippen molar-refractivity contribution in [2.24, 2.45) is 5.11 Å². The molecule has 0 saturated carbocycles. The first kappa shape index (κ1) is 15.1. The van der Waals surface area contributed by atoms with Crippen LogP contribution in [0.25, 0.3) is 10.4 Å². The quantitative estimate of drug-likeness (QED) is 0.279. The summed E-state index contributed by atoms with van der Waals surface area (Å²) < 4.78 is 1.14. The molecular formula is C9H10ClN5O4Se. The monoisotopic (exact) mass is 367 g/mol. The van der Waals surface area contributed by atoms with Gasteiger partial charge in [-0.15, -0.1) is 0 Å². The predicted octanol–water partition coefficient (Wildman–Crippen LogP) is -0.773. The molecule has 1 aliphatic rings. The van der Waals surface area contributed by atoms with E-state index in [1.807, 2.05) is 4.98 Å². The molecule has 0 bridgehead atoms. The van der Waals surface area contributed by atoms with Crippen LogP contribution in [-0.2, 0) is 0 Å². The fraction of sp³-hybridized carbons (Fsp3) is 0.556. The number of aliphatic hydroxyl groups excluding tert-OH is 2. The van der Waals surface area contributed by atoms with E-state index in [4.69, 9.17) is 17.1 Å². The van der Waals surface area contributed by atoms with E-state index in [9.17, 15) is 19.8 Å². The number of hydrogen-bond acceptors (Lipinski definition) is 5. The molecule has 2 rings (SSSR count). The normalized spacial score (nSPS) is 29.1. The van der Waals surface area contributed by atoms with E-state index in [2.05, 4.69) is 10.0 Å². The summed E-state index contributed by atoms with van der Waals surface area (Å²) in [6.45, 7) is -0.277. The minimum absolute atomic E-state index is 0.179. The molecule has 108 valence electrons. The van der Waals surface area contributed by atoms with Crippen molar-refractivity contribution in [1.29, 1.82) is 0 Å². The summed E-state index contributed by atoms with van der Waals surface area (Å²) >= 11 is 5.28. The molecule has 11 heteroatoms. The third-order valence-corrected chi connectivity index (χ3v) is 6.45. The molecule has 0 amide bonds. The Kier molecular flexibility index (Phi) is 4.54. The van der Waals surface area contributed by atoms with Gasteiger partial charge in [-0.1, -0.05) is 0 Å². The number of H-pyrrole nitrogens is 1. The second-order valence-corrected chi connectivity index (χ2v) is 7.34. The van der Waals surface area contributed by atoms with Crippen molar-refractivity contribution in [3.63, 3.8) is 0 Å². The molecule has 3 N–H and O–H groups in total. The summed E-state index contributed by atoms with van der Waals surface area (Å²) in [7, 11) is 0. The number of aromatic amines is 1. The van der Waals surface area contributed by atoms with Gasteiger partial charge in [0.1, 0.15) is 0 Å². The Bertz CT molecular complexity index is 669. The summed E-state index contributed by atoms with van der Waals surface area (Å²) in [4.78, 5) is 26.7. The predicted molar refractivity (Wildman–Crippen MR) is 70.9 cm³/mol. The van der Waals surface area contributed by atoms with Crippen molar-refractivity contribution in [2.45, 2.75) is 21.9 Å². The average Bonchev–Trinajstić information content (AvgIpc) is 2.72. The first-order valence-electron chi connectivity index (χ1n) is 5.49. The van der Waals surface area contributed by atoms with E-state index in [0.717, 1.165) is 10.8 Å². The van der Waals surface area contributed by atoms with Crippen molar-refractivity contribution in [1.82, 2.24) is 9.55 Å². The molecule has 4 atom stereocenters. The Morgan fingerprint density at radius 1 is 1.60 bits per heavy atom. The van der Waals surface area contributed by atoms with Gasteiger partial charge < -0.3 is 0 Å². The number of nitrogens with one attached hydrogen (secondary N) is 1. The van der Waals surface area contributed by atoms with Crippen molar-refractivity contribution in [3.05, 3.63) is 42.5 Å². The van der Waals surface area contributed by atoms with E-state index in [1.165, 1.54) is 0 Å². The number of rotatable bonds is 3. The van der Waals surface area contributed by atoms with Crippen LogP contribution in [-0.4, -0.2) is 53.5 Å². The van der Waals surface area contributed by atoms with Gasteiger partial charge in [0.2, 0.25) is 0 Å². The first-order chi connectivity index (χ1) is 9.49. The molecule has 1 fully saturated rings. The van der Waals surface area contributed by atoms with E-state index >= 15 is 0 Å². The zero-order valence-electron chi connectivity index (χ0n) is 9.88. The van der Waals surface area contributed by atoms with Crippen LogP contribution in [0, 0.1) is 0 Å². The van der Waals surface area contributed by atoms with Crippen LogP contribution in [0.3, 0.4) is 0 Å². The Labute approximate surface area is 123 Å². The zero-order valence-corrected chi connectivity index (χ0v) is 12.3. The van der Waals surface area contributed by atoms with Gasteiger partial charge >= 0.3 is 122 Å². The average molecular weight is 367 g/mol. The van der Waals surface area contributed by atoms with Gasteiger partial charge in [-0.25, -0.2) is 0 Å². The minimum atomic E-state index is -1.04. The van der Waals surface area contributed by atoms with Crippen molar-refractivity contribution in [3.8, 4) is 0 Å². The second kappa shape index (κ2) is 6.01. The van der Waals surface area contributed by atoms with Crippen LogP contribution in [0.5, 0.6) is 0 Å². The molecule has 0 radical (unpaired) electrons. The molecule has 1 saturated heterocycles. The van der Waals surface area contributed by atoms with Gasteiger partial charge in [0.25, 0.3) is 0 Å². The van der Waals surface area contributed by atoms with Gasteiger partial charge in [-0.3, -0.25) is 0 Å². The van der Waals surface area contributed by atoms with Crippen molar-refractivity contribution < 1.29 is 10.2 Å². The van der Waals surface area contributed by atoms with Crippen molar-refractivity contribution >= 4 is 26.6 Å². The van der Waals surface area contributed by atoms with Gasteiger partial charge in [0.05, 0.1) is 0 Å².